The van der Waals surface area contributed by atoms with E-state index in [0.717, 1.165) is 5.56 Å². The fourth-order valence-electron chi connectivity index (χ4n) is 1.40. The van der Waals surface area contributed by atoms with Crippen LogP contribution in [-0.4, -0.2) is 7.05 Å². The van der Waals surface area contributed by atoms with Crippen molar-refractivity contribution in [2.24, 2.45) is 5.73 Å². The number of anilines is 1. The summed E-state index contributed by atoms with van der Waals surface area (Å²) in [5, 5.41) is 1.94. The number of fused-ring (bicyclic) bond motifs is 1. The molecule has 1 aromatic rings. The van der Waals surface area contributed by atoms with Gasteiger partial charge in [-0.15, -0.1) is 0 Å². The Morgan fingerprint density at radius 3 is 2.91 bits per heavy atom. The number of nitrogens with two attached hydrogens (primary N) is 1. The normalized spacial score (nSPS) is 22.0. The fraction of sp³-hybridized carbons (Fsp3) is 0.250. The molecule has 0 aromatic heterocycles. The molecular weight excluding hydrogens is 138 g/mol. The van der Waals surface area contributed by atoms with Crippen molar-refractivity contribution in [1.29, 1.82) is 0 Å². The summed E-state index contributed by atoms with van der Waals surface area (Å²) in [6.45, 7) is 0. The zero-order valence-electron chi connectivity index (χ0n) is 6.41. The first-order valence-electron chi connectivity index (χ1n) is 3.63. The Kier molecular flexibility index (Phi) is 1.34. The Morgan fingerprint density at radius 1 is 1.45 bits per heavy atom. The van der Waals surface area contributed by atoms with Crippen molar-refractivity contribution in [3.05, 3.63) is 29.8 Å². The number of hydrazine groups is 1. The van der Waals surface area contributed by atoms with Gasteiger partial charge in [0.05, 0.1) is 5.69 Å². The molecule has 0 fully saturated rings. The Morgan fingerprint density at radius 2 is 2.18 bits per heavy atom. The SMILES string of the molecule is CN1NC(N)c2ccccc21. The van der Waals surface area contributed by atoms with Crippen molar-refractivity contribution in [3.8, 4) is 0 Å². The smallest absolute Gasteiger partial charge is 0.100 e. The second-order valence-corrected chi connectivity index (χ2v) is 2.72. The summed E-state index contributed by atoms with van der Waals surface area (Å²) in [4.78, 5) is 0. The molecule has 3 nitrogen and oxygen atoms in total. The molecule has 3 heteroatoms. The second kappa shape index (κ2) is 2.22. The van der Waals surface area contributed by atoms with Crippen LogP contribution in [0, 0.1) is 0 Å². The van der Waals surface area contributed by atoms with Crippen LogP contribution in [0.15, 0.2) is 24.3 Å². The summed E-state index contributed by atoms with van der Waals surface area (Å²) in [5.74, 6) is 0. The van der Waals surface area contributed by atoms with Gasteiger partial charge >= 0.3 is 0 Å². The van der Waals surface area contributed by atoms with Crippen molar-refractivity contribution in [2.45, 2.75) is 6.17 Å². The number of para-hydroxylation sites is 1. The summed E-state index contributed by atoms with van der Waals surface area (Å²) < 4.78 is 0. The lowest BCUT2D eigenvalue weighted by atomic mass is 10.1. The standard InChI is InChI=1S/C8H11N3/c1-11-7-5-3-2-4-6(7)8(9)10-11/h2-5,8,10H,9H2,1H3. The molecular formula is C8H11N3. The van der Waals surface area contributed by atoms with E-state index in [9.17, 15) is 0 Å². The highest BCUT2D eigenvalue weighted by Gasteiger charge is 2.20. The van der Waals surface area contributed by atoms with E-state index < -0.39 is 0 Å². The highest BCUT2D eigenvalue weighted by molar-refractivity contribution is 5.56. The quantitative estimate of drug-likeness (QED) is 0.567. The van der Waals surface area contributed by atoms with Crippen molar-refractivity contribution < 1.29 is 0 Å². The summed E-state index contributed by atoms with van der Waals surface area (Å²) in [5.41, 5.74) is 11.2. The predicted octanol–water partition coefficient (Wildman–Crippen LogP) is 0.598. The number of hydrogen-bond acceptors (Lipinski definition) is 3. The Bertz CT molecular complexity index is 245. The van der Waals surface area contributed by atoms with E-state index in [1.807, 2.05) is 30.3 Å². The number of nitrogens with zero attached hydrogens (tertiary/aromatic N) is 1. The largest absolute Gasteiger partial charge is 0.311 e. The van der Waals surface area contributed by atoms with Crippen molar-refractivity contribution in [3.63, 3.8) is 0 Å². The minimum Gasteiger partial charge on any atom is -0.311 e. The molecule has 2 rings (SSSR count). The summed E-state index contributed by atoms with van der Waals surface area (Å²) in [6.07, 6.45) is -0.0452. The van der Waals surface area contributed by atoms with Crippen molar-refractivity contribution >= 4 is 5.69 Å². The maximum absolute atomic E-state index is 5.78. The van der Waals surface area contributed by atoms with E-state index in [4.69, 9.17) is 5.73 Å². The zero-order valence-corrected chi connectivity index (χ0v) is 6.41. The predicted molar refractivity (Wildman–Crippen MR) is 44.9 cm³/mol. The van der Waals surface area contributed by atoms with Gasteiger partial charge < -0.3 is 10.7 Å². The van der Waals surface area contributed by atoms with E-state index in [1.165, 1.54) is 5.69 Å². The van der Waals surface area contributed by atoms with Crippen LogP contribution in [0.2, 0.25) is 0 Å². The summed E-state index contributed by atoms with van der Waals surface area (Å²) >= 11 is 0. The van der Waals surface area contributed by atoms with Gasteiger partial charge in [0.2, 0.25) is 0 Å². The van der Waals surface area contributed by atoms with Crippen LogP contribution in [0.3, 0.4) is 0 Å². The molecule has 0 saturated heterocycles. The highest BCUT2D eigenvalue weighted by atomic mass is 15.5. The fourth-order valence-corrected chi connectivity index (χ4v) is 1.40. The maximum Gasteiger partial charge on any atom is 0.100 e. The lowest BCUT2D eigenvalue weighted by molar-refractivity contribution is 0.592. The van der Waals surface area contributed by atoms with Gasteiger partial charge in [-0.2, -0.15) is 0 Å². The van der Waals surface area contributed by atoms with Gasteiger partial charge in [-0.3, -0.25) is 0 Å². The molecule has 1 aliphatic rings. The molecule has 11 heavy (non-hydrogen) atoms. The third kappa shape index (κ3) is 0.895. The molecule has 0 spiro atoms. The highest BCUT2D eigenvalue weighted by Crippen LogP contribution is 2.27. The van der Waals surface area contributed by atoms with Crippen LogP contribution >= 0.6 is 0 Å². The number of nitrogens with one attached hydrogen (secondary N) is 1. The zero-order chi connectivity index (χ0) is 7.84. The molecule has 0 radical (unpaired) electrons. The van der Waals surface area contributed by atoms with Gasteiger partial charge in [-0.1, -0.05) is 18.2 Å². The Labute approximate surface area is 65.8 Å². The van der Waals surface area contributed by atoms with Crippen molar-refractivity contribution in [1.82, 2.24) is 5.43 Å². The average Bonchev–Trinajstić information content (AvgIpc) is 2.30. The van der Waals surface area contributed by atoms with Crippen LogP contribution in [0.4, 0.5) is 5.69 Å². The summed E-state index contributed by atoms with van der Waals surface area (Å²) in [7, 11) is 1.96. The summed E-state index contributed by atoms with van der Waals surface area (Å²) in [6, 6.07) is 8.10. The maximum atomic E-state index is 5.78. The van der Waals surface area contributed by atoms with E-state index in [1.54, 1.807) is 0 Å². The molecule has 0 bridgehead atoms. The van der Waals surface area contributed by atoms with Crippen LogP contribution in [-0.2, 0) is 0 Å². The molecule has 1 unspecified atom stereocenters. The van der Waals surface area contributed by atoms with Crippen LogP contribution in [0.1, 0.15) is 11.7 Å². The van der Waals surface area contributed by atoms with Crippen LogP contribution in [0.25, 0.3) is 0 Å². The van der Waals surface area contributed by atoms with Gasteiger partial charge in [0.1, 0.15) is 6.17 Å². The molecule has 1 aromatic carbocycles. The molecule has 0 aliphatic carbocycles. The lowest BCUT2D eigenvalue weighted by Gasteiger charge is -2.11. The monoisotopic (exact) mass is 149 g/mol. The third-order valence-corrected chi connectivity index (χ3v) is 1.97. The first kappa shape index (κ1) is 6.64. The molecule has 1 aliphatic heterocycles. The van der Waals surface area contributed by atoms with Gasteiger partial charge in [0.25, 0.3) is 0 Å². The molecule has 0 amide bonds. The van der Waals surface area contributed by atoms with Gasteiger partial charge in [-0.05, 0) is 6.07 Å². The molecule has 3 N–H and O–H groups in total. The minimum atomic E-state index is -0.0452. The van der Waals surface area contributed by atoms with E-state index in [2.05, 4.69) is 11.5 Å². The molecule has 0 saturated carbocycles. The van der Waals surface area contributed by atoms with E-state index in [-0.39, 0.29) is 6.17 Å². The van der Waals surface area contributed by atoms with Crippen LogP contribution < -0.4 is 16.2 Å². The Hall–Kier alpha value is -1.06. The number of hydrogen-bond donors (Lipinski definition) is 2. The number of benzene rings is 1. The third-order valence-electron chi connectivity index (χ3n) is 1.97. The van der Waals surface area contributed by atoms with Gasteiger partial charge in [0, 0.05) is 12.6 Å². The Balaban J connectivity index is 2.52. The number of rotatable bonds is 0. The lowest BCUT2D eigenvalue weighted by Crippen LogP contribution is -2.34. The van der Waals surface area contributed by atoms with E-state index in [0.29, 0.717) is 0 Å². The topological polar surface area (TPSA) is 41.3 Å². The van der Waals surface area contributed by atoms with Gasteiger partial charge in [-0.25, -0.2) is 5.43 Å². The first-order valence-corrected chi connectivity index (χ1v) is 3.63. The average molecular weight is 149 g/mol. The van der Waals surface area contributed by atoms with Crippen molar-refractivity contribution in [2.75, 3.05) is 12.1 Å². The van der Waals surface area contributed by atoms with Gasteiger partial charge in [0.15, 0.2) is 0 Å². The minimum absolute atomic E-state index is 0.0452. The van der Waals surface area contributed by atoms with E-state index >= 15 is 0 Å². The molecule has 58 valence electrons. The second-order valence-electron chi connectivity index (χ2n) is 2.72. The molecule has 1 heterocycles. The van der Waals surface area contributed by atoms with Crippen LogP contribution in [0.5, 0.6) is 0 Å². The molecule has 1 atom stereocenters. The first-order chi connectivity index (χ1) is 5.29.